The number of carbonyl (C=O) groups is 3. The van der Waals surface area contributed by atoms with Gasteiger partial charge >= 0.3 is 0 Å². The van der Waals surface area contributed by atoms with Crippen LogP contribution in [0.3, 0.4) is 0 Å². The molecule has 1 N–H and O–H groups in total. The van der Waals surface area contributed by atoms with E-state index in [4.69, 9.17) is 11.6 Å². The molecule has 2 aromatic carbocycles. The highest BCUT2D eigenvalue weighted by molar-refractivity contribution is 9.12. The van der Waals surface area contributed by atoms with Crippen LogP contribution in [0.25, 0.3) is 0 Å². The normalized spacial score (nSPS) is 30.6. The molecule has 2 aliphatic carbocycles. The van der Waals surface area contributed by atoms with Crippen LogP contribution < -0.4 is 5.32 Å². The molecule has 1 aliphatic heterocycles. The second kappa shape index (κ2) is 9.34. The zero-order valence-corrected chi connectivity index (χ0v) is 23.7. The molecule has 3 aliphatic rings. The van der Waals surface area contributed by atoms with Gasteiger partial charge in [-0.2, -0.15) is 0 Å². The third kappa shape index (κ3) is 3.89. The van der Waals surface area contributed by atoms with Crippen LogP contribution in [-0.2, 0) is 20.8 Å². The molecule has 2 saturated carbocycles. The summed E-state index contributed by atoms with van der Waals surface area (Å²) < 4.78 is 0.729. The molecule has 34 heavy (non-hydrogen) atoms. The van der Waals surface area contributed by atoms with Gasteiger partial charge in [-0.15, -0.1) is 0 Å². The third-order valence-electron chi connectivity index (χ3n) is 7.50. The molecular weight excluding hydrogens is 651 g/mol. The molecule has 178 valence electrons. The molecule has 0 unspecified atom stereocenters. The fraction of sp³-hybridized carbons (Fsp3) is 0.400. The average molecular weight is 674 g/mol. The lowest BCUT2D eigenvalue weighted by Gasteiger charge is -2.28. The number of imide groups is 1. The molecule has 5 nitrogen and oxygen atoms in total. The Bertz CT molecular complexity index is 1150. The van der Waals surface area contributed by atoms with E-state index in [1.54, 1.807) is 12.1 Å². The van der Waals surface area contributed by atoms with Crippen LogP contribution in [0.15, 0.2) is 46.9 Å². The average Bonchev–Trinajstić information content (AvgIpc) is 3.43. The van der Waals surface area contributed by atoms with Gasteiger partial charge in [-0.3, -0.25) is 19.3 Å². The highest BCUT2D eigenvalue weighted by atomic mass is 79.9. The van der Waals surface area contributed by atoms with Crippen LogP contribution >= 0.6 is 59.4 Å². The van der Waals surface area contributed by atoms with Crippen molar-refractivity contribution in [2.45, 2.75) is 35.5 Å². The lowest BCUT2D eigenvalue weighted by Crippen LogP contribution is -2.49. The first-order valence-corrected chi connectivity index (χ1v) is 14.2. The number of hydrogen-bond donors (Lipinski definition) is 1. The molecule has 0 spiro atoms. The number of anilines is 1. The van der Waals surface area contributed by atoms with Crippen LogP contribution in [0.4, 0.5) is 5.69 Å². The molecule has 1 heterocycles. The van der Waals surface area contributed by atoms with Gasteiger partial charge in [-0.1, -0.05) is 73.8 Å². The number of alkyl halides is 2. The molecule has 1 saturated heterocycles. The van der Waals surface area contributed by atoms with Gasteiger partial charge < -0.3 is 5.32 Å². The molecule has 5 rings (SSSR count). The first kappa shape index (κ1) is 24.5. The molecule has 0 aromatic heterocycles. The van der Waals surface area contributed by atoms with E-state index in [0.29, 0.717) is 16.3 Å². The predicted molar refractivity (Wildman–Crippen MR) is 142 cm³/mol. The van der Waals surface area contributed by atoms with Crippen LogP contribution in [0.2, 0.25) is 5.02 Å². The van der Waals surface area contributed by atoms with Crippen LogP contribution in [0.1, 0.15) is 17.5 Å². The van der Waals surface area contributed by atoms with Crippen molar-refractivity contribution in [3.8, 4) is 0 Å². The maximum atomic E-state index is 13.7. The molecule has 0 radical (unpaired) electrons. The van der Waals surface area contributed by atoms with E-state index in [9.17, 15) is 14.4 Å². The van der Waals surface area contributed by atoms with E-state index >= 15 is 0 Å². The first-order chi connectivity index (χ1) is 16.2. The fourth-order valence-electron chi connectivity index (χ4n) is 5.82. The number of nitrogens with one attached hydrogen (secondary N) is 1. The monoisotopic (exact) mass is 670 g/mol. The number of rotatable bonds is 5. The zero-order valence-electron chi connectivity index (χ0n) is 18.2. The summed E-state index contributed by atoms with van der Waals surface area (Å²) in [5.41, 5.74) is 2.14. The van der Waals surface area contributed by atoms with Crippen LogP contribution in [-0.4, -0.2) is 38.3 Å². The Hall–Kier alpha value is -1.22. The van der Waals surface area contributed by atoms with Gasteiger partial charge in [0.05, 0.1) is 16.9 Å². The van der Waals surface area contributed by atoms with Gasteiger partial charge in [-0.05, 0) is 64.4 Å². The van der Waals surface area contributed by atoms with Crippen molar-refractivity contribution in [2.24, 2.45) is 23.7 Å². The third-order valence-corrected chi connectivity index (χ3v) is 12.1. The minimum Gasteiger partial charge on any atom is -0.324 e. The molecule has 2 bridgehead atoms. The Morgan fingerprint density at radius 1 is 1.06 bits per heavy atom. The summed E-state index contributed by atoms with van der Waals surface area (Å²) in [6.07, 6.45) is 1.09. The predicted octanol–water partition coefficient (Wildman–Crippen LogP) is 5.74. The van der Waals surface area contributed by atoms with Crippen LogP contribution in [0.5, 0.6) is 0 Å². The summed E-state index contributed by atoms with van der Waals surface area (Å²) in [7, 11) is 0. The Balaban J connectivity index is 1.48. The topological polar surface area (TPSA) is 66.5 Å². The Morgan fingerprint density at radius 2 is 1.65 bits per heavy atom. The van der Waals surface area contributed by atoms with E-state index in [1.165, 1.54) is 4.90 Å². The van der Waals surface area contributed by atoms with E-state index in [2.05, 4.69) is 53.1 Å². The van der Waals surface area contributed by atoms with Crippen molar-refractivity contribution in [1.82, 2.24) is 4.90 Å². The van der Waals surface area contributed by atoms with E-state index in [0.717, 1.165) is 16.5 Å². The van der Waals surface area contributed by atoms with Gasteiger partial charge in [0, 0.05) is 26.2 Å². The summed E-state index contributed by atoms with van der Waals surface area (Å²) in [5, 5.41) is 3.43. The zero-order chi connectivity index (χ0) is 24.3. The number of carbonyl (C=O) groups excluding carboxylic acids is 3. The molecule has 2 aromatic rings. The number of amides is 3. The quantitative estimate of drug-likeness (QED) is 0.326. The van der Waals surface area contributed by atoms with Gasteiger partial charge in [-0.25, -0.2) is 0 Å². The van der Waals surface area contributed by atoms with Crippen molar-refractivity contribution in [3.63, 3.8) is 0 Å². The number of likely N-dealkylation sites (tertiary alicyclic amines) is 1. The maximum absolute atomic E-state index is 13.7. The number of halogens is 4. The van der Waals surface area contributed by atoms with Crippen molar-refractivity contribution in [1.29, 1.82) is 0 Å². The summed E-state index contributed by atoms with van der Waals surface area (Å²) in [5.74, 6) is -1.41. The largest absolute Gasteiger partial charge is 0.324 e. The highest BCUT2D eigenvalue weighted by Gasteiger charge is 2.67. The van der Waals surface area contributed by atoms with Crippen molar-refractivity contribution in [3.05, 3.63) is 63.1 Å². The van der Waals surface area contributed by atoms with Crippen molar-refractivity contribution < 1.29 is 14.4 Å². The van der Waals surface area contributed by atoms with Gasteiger partial charge in [0.15, 0.2) is 0 Å². The van der Waals surface area contributed by atoms with Crippen molar-refractivity contribution >= 4 is 82.8 Å². The molecule has 3 fully saturated rings. The fourth-order valence-corrected chi connectivity index (χ4v) is 8.29. The molecule has 3 amide bonds. The Morgan fingerprint density at radius 3 is 2.24 bits per heavy atom. The summed E-state index contributed by atoms with van der Waals surface area (Å²) >= 11 is 17.2. The van der Waals surface area contributed by atoms with E-state index < -0.39 is 11.9 Å². The molecule has 9 heteroatoms. The minimum absolute atomic E-state index is 0.0915. The standard InChI is InChI=1S/C25H22Br3ClN2O3/c1-11-16(8-7-15(26)22(11)29)30-23(32)17(9-12-5-3-2-4-6-12)31-24(33)18-13-10-14(19(18)25(31)34)21(28)20(13)27/h2-8,13-14,17-21H,9-10H2,1H3,(H,30,32)/t13-,14-,17+,18-,19+,20-,21+/m0/s1. The molecule has 7 atom stereocenters. The second-order valence-electron chi connectivity index (χ2n) is 9.28. The highest BCUT2D eigenvalue weighted by Crippen LogP contribution is 2.60. The maximum Gasteiger partial charge on any atom is 0.248 e. The minimum atomic E-state index is -0.947. The number of hydrogen-bond acceptors (Lipinski definition) is 3. The lowest BCUT2D eigenvalue weighted by atomic mass is 9.81. The lowest BCUT2D eigenvalue weighted by molar-refractivity contribution is -0.147. The van der Waals surface area contributed by atoms with E-state index in [1.807, 2.05) is 37.3 Å². The summed E-state index contributed by atoms with van der Waals surface area (Å²) in [4.78, 5) is 42.5. The number of benzene rings is 2. The van der Waals surface area contributed by atoms with Crippen molar-refractivity contribution in [2.75, 3.05) is 5.32 Å². The molecular formula is C25H22Br3ClN2O3. The first-order valence-electron chi connectivity index (χ1n) is 11.1. The van der Waals surface area contributed by atoms with Gasteiger partial charge in [0.25, 0.3) is 0 Å². The SMILES string of the molecule is Cc1c(NC(=O)[C@@H](Cc2ccccc2)N2C(=O)[C@@H]3[C@@H]4C[C@H]([C@H](Br)[C@@H]4Br)[C@@H]3C2=O)ccc(Br)c1Cl. The number of nitrogens with zero attached hydrogens (tertiary/aromatic N) is 1. The number of fused-ring (bicyclic) bond motifs is 5. The summed E-state index contributed by atoms with van der Waals surface area (Å²) in [6.45, 7) is 1.81. The Labute approximate surface area is 228 Å². The Kier molecular flexibility index (Phi) is 6.72. The van der Waals surface area contributed by atoms with Gasteiger partial charge in [0.1, 0.15) is 6.04 Å². The van der Waals surface area contributed by atoms with Gasteiger partial charge in [0.2, 0.25) is 17.7 Å². The second-order valence-corrected chi connectivity index (χ2v) is 12.6. The van der Waals surface area contributed by atoms with E-state index in [-0.39, 0.29) is 51.6 Å². The summed E-state index contributed by atoms with van der Waals surface area (Å²) in [6, 6.07) is 12.0. The van der Waals surface area contributed by atoms with Crippen LogP contribution in [0, 0.1) is 30.6 Å². The smallest absolute Gasteiger partial charge is 0.248 e.